The average molecular weight is 328 g/mol. The fourth-order valence-corrected chi connectivity index (χ4v) is 3.25. The topological polar surface area (TPSA) is 71.2 Å². The fourth-order valence-electron chi connectivity index (χ4n) is 3.25. The van der Waals surface area contributed by atoms with Gasteiger partial charge in [-0.25, -0.2) is 4.79 Å². The van der Waals surface area contributed by atoms with E-state index in [4.69, 9.17) is 4.74 Å². The number of fused-ring (bicyclic) bond motifs is 3. The minimum atomic E-state index is -0.456. The largest absolute Gasteiger partial charge is 0.452 e. The third kappa shape index (κ3) is 3.45. The molecule has 2 aromatic rings. The molecular weight excluding hydrogens is 304 g/mol. The number of aromatic amines is 1. The molecule has 0 saturated carbocycles. The summed E-state index contributed by atoms with van der Waals surface area (Å²) in [4.78, 5) is 27.2. The standard InChI is InChI=1S/C19H24N2O3/c1-3-8-20-18(22)11-24-19(23)13-5-7-17-15(10-13)14-9-12(2)4-6-16(14)21-17/h5,7,10,12,21H,3-4,6,8-9,11H2,1-2H3,(H,20,22). The second-order valence-electron chi connectivity index (χ2n) is 6.62. The van der Waals surface area contributed by atoms with E-state index in [0.717, 1.165) is 30.2 Å². The maximum atomic E-state index is 12.2. The molecular formula is C19H24N2O3. The summed E-state index contributed by atoms with van der Waals surface area (Å²) < 4.78 is 5.12. The Morgan fingerprint density at radius 3 is 3.00 bits per heavy atom. The van der Waals surface area contributed by atoms with Gasteiger partial charge < -0.3 is 15.0 Å². The SMILES string of the molecule is CCCNC(=O)COC(=O)c1ccc2[nH]c3c(c2c1)CC(C)CC3. The normalized spacial score (nSPS) is 16.7. The summed E-state index contributed by atoms with van der Waals surface area (Å²) in [6.45, 7) is 4.59. The third-order valence-electron chi connectivity index (χ3n) is 4.58. The van der Waals surface area contributed by atoms with Crippen LogP contribution in [-0.2, 0) is 22.4 Å². The first kappa shape index (κ1) is 16.6. The predicted octanol–water partition coefficient (Wildman–Crippen LogP) is 2.98. The van der Waals surface area contributed by atoms with Gasteiger partial charge in [-0.15, -0.1) is 0 Å². The van der Waals surface area contributed by atoms with E-state index in [0.29, 0.717) is 18.0 Å². The number of aromatic nitrogens is 1. The molecule has 1 aromatic carbocycles. The summed E-state index contributed by atoms with van der Waals surface area (Å²) in [7, 11) is 0. The van der Waals surface area contributed by atoms with E-state index in [1.165, 1.54) is 17.7 Å². The molecule has 1 aliphatic carbocycles. The van der Waals surface area contributed by atoms with Gasteiger partial charge in [0.1, 0.15) is 0 Å². The molecule has 0 radical (unpaired) electrons. The minimum absolute atomic E-state index is 0.237. The van der Waals surface area contributed by atoms with Crippen LogP contribution in [0.1, 0.15) is 48.3 Å². The number of amides is 1. The molecule has 1 aromatic heterocycles. The van der Waals surface area contributed by atoms with Crippen LogP contribution in [-0.4, -0.2) is 30.0 Å². The number of hydrogen-bond donors (Lipinski definition) is 2. The third-order valence-corrected chi connectivity index (χ3v) is 4.58. The summed E-state index contributed by atoms with van der Waals surface area (Å²) in [5, 5.41) is 3.79. The van der Waals surface area contributed by atoms with Gasteiger partial charge in [-0.2, -0.15) is 0 Å². The molecule has 0 aliphatic heterocycles. The van der Waals surface area contributed by atoms with E-state index >= 15 is 0 Å². The molecule has 0 spiro atoms. The van der Waals surface area contributed by atoms with Crippen molar-refractivity contribution >= 4 is 22.8 Å². The Bertz CT molecular complexity index is 763. The lowest BCUT2D eigenvalue weighted by molar-refractivity contribution is -0.124. The number of esters is 1. The van der Waals surface area contributed by atoms with Gasteiger partial charge in [0.25, 0.3) is 5.91 Å². The molecule has 1 heterocycles. The van der Waals surface area contributed by atoms with Gasteiger partial charge in [0, 0.05) is 23.1 Å². The molecule has 5 heteroatoms. The van der Waals surface area contributed by atoms with Crippen LogP contribution in [0.3, 0.4) is 0 Å². The summed E-state index contributed by atoms with van der Waals surface area (Å²) in [5.74, 6) is -0.0594. The lowest BCUT2D eigenvalue weighted by Crippen LogP contribution is -2.29. The second-order valence-corrected chi connectivity index (χ2v) is 6.62. The Morgan fingerprint density at radius 1 is 1.38 bits per heavy atom. The number of aryl methyl sites for hydroxylation is 1. The Morgan fingerprint density at radius 2 is 2.21 bits per heavy atom. The number of H-pyrrole nitrogens is 1. The number of hydrogen-bond acceptors (Lipinski definition) is 3. The number of rotatable bonds is 5. The van der Waals surface area contributed by atoms with Crippen LogP contribution >= 0.6 is 0 Å². The van der Waals surface area contributed by atoms with Crippen LogP contribution < -0.4 is 5.32 Å². The summed E-state index contributed by atoms with van der Waals surface area (Å²) >= 11 is 0. The van der Waals surface area contributed by atoms with Gasteiger partial charge in [0.15, 0.2) is 6.61 Å². The first-order chi connectivity index (χ1) is 11.6. The first-order valence-electron chi connectivity index (χ1n) is 8.65. The molecule has 1 aliphatic rings. The molecule has 128 valence electrons. The van der Waals surface area contributed by atoms with Crippen molar-refractivity contribution in [2.24, 2.45) is 5.92 Å². The molecule has 5 nitrogen and oxygen atoms in total. The number of nitrogens with one attached hydrogen (secondary N) is 2. The summed E-state index contributed by atoms with van der Waals surface area (Å²) in [6.07, 6.45) is 4.14. The maximum absolute atomic E-state index is 12.2. The monoisotopic (exact) mass is 328 g/mol. The van der Waals surface area contributed by atoms with Crippen LogP contribution in [0, 0.1) is 5.92 Å². The Kier molecular flexibility index (Phi) is 4.88. The highest BCUT2D eigenvalue weighted by molar-refractivity contribution is 5.97. The zero-order valence-electron chi connectivity index (χ0n) is 14.3. The fraction of sp³-hybridized carbons (Fsp3) is 0.474. The zero-order valence-corrected chi connectivity index (χ0v) is 14.3. The minimum Gasteiger partial charge on any atom is -0.452 e. The highest BCUT2D eigenvalue weighted by Crippen LogP contribution is 2.32. The first-order valence-corrected chi connectivity index (χ1v) is 8.65. The molecule has 24 heavy (non-hydrogen) atoms. The lowest BCUT2D eigenvalue weighted by Gasteiger charge is -2.18. The molecule has 0 bridgehead atoms. The van der Waals surface area contributed by atoms with E-state index < -0.39 is 5.97 Å². The van der Waals surface area contributed by atoms with Crippen molar-refractivity contribution in [3.8, 4) is 0 Å². The van der Waals surface area contributed by atoms with Gasteiger partial charge >= 0.3 is 5.97 Å². The van der Waals surface area contributed by atoms with Crippen LogP contribution in [0.25, 0.3) is 10.9 Å². The van der Waals surface area contributed by atoms with Gasteiger partial charge in [-0.1, -0.05) is 13.8 Å². The van der Waals surface area contributed by atoms with Crippen LogP contribution in [0.4, 0.5) is 0 Å². The maximum Gasteiger partial charge on any atom is 0.338 e. The molecule has 1 atom stereocenters. The van der Waals surface area contributed by atoms with E-state index in [-0.39, 0.29) is 12.5 Å². The Balaban J connectivity index is 1.74. The number of ether oxygens (including phenoxy) is 1. The second kappa shape index (κ2) is 7.07. The van der Waals surface area contributed by atoms with Crippen molar-refractivity contribution < 1.29 is 14.3 Å². The van der Waals surface area contributed by atoms with Crippen LogP contribution in [0.2, 0.25) is 0 Å². The number of carbonyl (C=O) groups excluding carboxylic acids is 2. The Hall–Kier alpha value is -2.30. The number of carbonyl (C=O) groups is 2. The molecule has 0 saturated heterocycles. The van der Waals surface area contributed by atoms with E-state index in [1.54, 1.807) is 6.07 Å². The van der Waals surface area contributed by atoms with Crippen molar-refractivity contribution in [1.82, 2.24) is 10.3 Å². The smallest absolute Gasteiger partial charge is 0.338 e. The lowest BCUT2D eigenvalue weighted by atomic mass is 9.87. The molecule has 0 fully saturated rings. The molecule has 1 amide bonds. The van der Waals surface area contributed by atoms with Gasteiger partial charge in [-0.3, -0.25) is 4.79 Å². The van der Waals surface area contributed by atoms with E-state index in [1.807, 2.05) is 19.1 Å². The van der Waals surface area contributed by atoms with Gasteiger partial charge in [0.2, 0.25) is 0 Å². The van der Waals surface area contributed by atoms with Crippen molar-refractivity contribution in [2.75, 3.05) is 13.2 Å². The van der Waals surface area contributed by atoms with Crippen LogP contribution in [0.5, 0.6) is 0 Å². The van der Waals surface area contributed by atoms with Crippen molar-refractivity contribution in [2.45, 2.75) is 39.5 Å². The van der Waals surface area contributed by atoms with Crippen molar-refractivity contribution in [3.63, 3.8) is 0 Å². The zero-order chi connectivity index (χ0) is 17.1. The molecule has 2 N–H and O–H groups in total. The van der Waals surface area contributed by atoms with Gasteiger partial charge in [-0.05, 0) is 55.4 Å². The Labute approximate surface area is 141 Å². The summed E-state index contributed by atoms with van der Waals surface area (Å²) in [6, 6.07) is 5.56. The highest BCUT2D eigenvalue weighted by Gasteiger charge is 2.21. The number of benzene rings is 1. The molecule has 1 unspecified atom stereocenters. The van der Waals surface area contributed by atoms with E-state index in [9.17, 15) is 9.59 Å². The van der Waals surface area contributed by atoms with E-state index in [2.05, 4.69) is 17.2 Å². The van der Waals surface area contributed by atoms with Crippen molar-refractivity contribution in [3.05, 3.63) is 35.0 Å². The summed E-state index contributed by atoms with van der Waals surface area (Å²) in [5.41, 5.74) is 4.16. The highest BCUT2D eigenvalue weighted by atomic mass is 16.5. The van der Waals surface area contributed by atoms with Crippen molar-refractivity contribution in [1.29, 1.82) is 0 Å². The quantitative estimate of drug-likeness (QED) is 0.829. The van der Waals surface area contributed by atoms with Gasteiger partial charge in [0.05, 0.1) is 5.56 Å². The average Bonchev–Trinajstić information content (AvgIpc) is 2.94. The predicted molar refractivity (Wildman–Crippen MR) is 93.1 cm³/mol. The van der Waals surface area contributed by atoms with Crippen LogP contribution in [0.15, 0.2) is 18.2 Å². The molecule has 3 rings (SSSR count).